The molecule has 1 N–H and O–H groups in total. The first-order chi connectivity index (χ1) is 9.19. The molecule has 2 aliphatic heterocycles. The lowest BCUT2D eigenvalue weighted by molar-refractivity contribution is -0.136. The molecule has 5 heteroatoms. The number of nitriles is 1. The SMILES string of the molecule is N#CC1=C(c2ccc(F)cc2)NC2=C(C1)C(=O)OC2. The Labute approximate surface area is 108 Å². The molecule has 94 valence electrons. The molecular weight excluding hydrogens is 247 g/mol. The summed E-state index contributed by atoms with van der Waals surface area (Å²) in [5, 5.41) is 12.2. The van der Waals surface area contributed by atoms with Gasteiger partial charge in [-0.1, -0.05) is 0 Å². The highest BCUT2D eigenvalue weighted by atomic mass is 19.1. The van der Waals surface area contributed by atoms with Crippen molar-refractivity contribution in [3.8, 4) is 6.07 Å². The average Bonchev–Trinajstić information content (AvgIpc) is 2.79. The van der Waals surface area contributed by atoms with Crippen LogP contribution < -0.4 is 5.32 Å². The lowest BCUT2D eigenvalue weighted by Crippen LogP contribution is -2.20. The van der Waals surface area contributed by atoms with Crippen LogP contribution in [0.2, 0.25) is 0 Å². The topological polar surface area (TPSA) is 62.1 Å². The van der Waals surface area contributed by atoms with Gasteiger partial charge in [-0.2, -0.15) is 5.26 Å². The molecule has 2 heterocycles. The molecule has 0 fully saturated rings. The van der Waals surface area contributed by atoms with Gasteiger partial charge in [0, 0.05) is 6.42 Å². The maximum Gasteiger partial charge on any atom is 0.336 e. The normalized spacial score (nSPS) is 17.8. The molecule has 0 radical (unpaired) electrons. The molecule has 0 saturated heterocycles. The van der Waals surface area contributed by atoms with E-state index in [0.29, 0.717) is 28.1 Å². The van der Waals surface area contributed by atoms with E-state index in [0.717, 1.165) is 0 Å². The minimum absolute atomic E-state index is 0.192. The zero-order chi connectivity index (χ0) is 13.4. The quantitative estimate of drug-likeness (QED) is 0.779. The number of carbonyl (C=O) groups is 1. The Balaban J connectivity index is 2.01. The zero-order valence-corrected chi connectivity index (χ0v) is 9.87. The molecule has 0 unspecified atom stereocenters. The van der Waals surface area contributed by atoms with Gasteiger partial charge in [-0.3, -0.25) is 0 Å². The molecule has 0 atom stereocenters. The van der Waals surface area contributed by atoms with Gasteiger partial charge in [0.25, 0.3) is 0 Å². The van der Waals surface area contributed by atoms with E-state index >= 15 is 0 Å². The Hall–Kier alpha value is -2.61. The molecule has 19 heavy (non-hydrogen) atoms. The summed E-state index contributed by atoms with van der Waals surface area (Å²) in [7, 11) is 0. The van der Waals surface area contributed by atoms with Crippen LogP contribution >= 0.6 is 0 Å². The number of nitrogens with one attached hydrogen (secondary N) is 1. The van der Waals surface area contributed by atoms with Gasteiger partial charge in [0.2, 0.25) is 0 Å². The Morgan fingerprint density at radius 2 is 2.05 bits per heavy atom. The first kappa shape index (κ1) is 11.5. The van der Waals surface area contributed by atoms with E-state index in [4.69, 9.17) is 4.74 Å². The fraction of sp³-hybridized carbons (Fsp3) is 0.143. The second-order valence-corrected chi connectivity index (χ2v) is 4.31. The van der Waals surface area contributed by atoms with Crippen molar-refractivity contribution in [1.29, 1.82) is 5.26 Å². The Bertz CT molecular complexity index is 666. The molecule has 0 spiro atoms. The van der Waals surface area contributed by atoms with Gasteiger partial charge in [-0.15, -0.1) is 0 Å². The molecule has 0 bridgehead atoms. The van der Waals surface area contributed by atoms with E-state index in [1.165, 1.54) is 12.1 Å². The Morgan fingerprint density at radius 3 is 2.74 bits per heavy atom. The van der Waals surface area contributed by atoms with Crippen molar-refractivity contribution >= 4 is 11.7 Å². The lowest BCUT2D eigenvalue weighted by atomic mass is 9.96. The number of carbonyl (C=O) groups excluding carboxylic acids is 1. The van der Waals surface area contributed by atoms with Crippen LogP contribution in [0.25, 0.3) is 5.70 Å². The number of benzene rings is 1. The van der Waals surface area contributed by atoms with Gasteiger partial charge in [0.05, 0.1) is 28.6 Å². The highest BCUT2D eigenvalue weighted by molar-refractivity contribution is 5.95. The van der Waals surface area contributed by atoms with E-state index in [1.807, 2.05) is 0 Å². The van der Waals surface area contributed by atoms with Crippen molar-refractivity contribution in [2.45, 2.75) is 6.42 Å². The summed E-state index contributed by atoms with van der Waals surface area (Å²) in [5.74, 6) is -0.716. The predicted octanol–water partition coefficient (Wildman–Crippen LogP) is 1.86. The molecule has 1 aromatic carbocycles. The molecule has 0 amide bonds. The number of dihydropyridines is 1. The number of cyclic esters (lactones) is 1. The minimum Gasteiger partial charge on any atom is -0.456 e. The highest BCUT2D eigenvalue weighted by Crippen LogP contribution is 2.31. The second-order valence-electron chi connectivity index (χ2n) is 4.31. The first-order valence-corrected chi connectivity index (χ1v) is 5.74. The second kappa shape index (κ2) is 4.25. The summed E-state index contributed by atoms with van der Waals surface area (Å²) in [6.45, 7) is 0.192. The fourth-order valence-corrected chi connectivity index (χ4v) is 2.18. The van der Waals surface area contributed by atoms with E-state index in [2.05, 4.69) is 11.4 Å². The maximum atomic E-state index is 12.9. The molecule has 0 aromatic heterocycles. The number of hydrogen-bond donors (Lipinski definition) is 1. The number of ether oxygens (including phenoxy) is 1. The van der Waals surface area contributed by atoms with Crippen LogP contribution in [-0.2, 0) is 9.53 Å². The van der Waals surface area contributed by atoms with Crippen molar-refractivity contribution in [1.82, 2.24) is 5.32 Å². The molecule has 2 aliphatic rings. The van der Waals surface area contributed by atoms with Crippen LogP contribution in [0.1, 0.15) is 12.0 Å². The molecule has 3 rings (SSSR count). The standard InChI is InChI=1S/C14H9FN2O2/c15-10-3-1-8(2-4-10)13-9(6-16)5-11-12(17-13)7-19-14(11)18/h1-4,17H,5,7H2. The number of hydrogen-bond acceptors (Lipinski definition) is 4. The van der Waals surface area contributed by atoms with Crippen molar-refractivity contribution < 1.29 is 13.9 Å². The molecule has 0 saturated carbocycles. The average molecular weight is 256 g/mol. The summed E-state index contributed by atoms with van der Waals surface area (Å²) in [6.07, 6.45) is 0.254. The zero-order valence-electron chi connectivity index (χ0n) is 9.87. The van der Waals surface area contributed by atoms with Crippen LogP contribution in [0, 0.1) is 17.1 Å². The van der Waals surface area contributed by atoms with Crippen LogP contribution in [-0.4, -0.2) is 12.6 Å². The van der Waals surface area contributed by atoms with Gasteiger partial charge in [-0.05, 0) is 29.8 Å². The number of nitrogens with zero attached hydrogens (tertiary/aromatic N) is 1. The smallest absolute Gasteiger partial charge is 0.336 e. The summed E-state index contributed by atoms with van der Waals surface area (Å²) < 4.78 is 17.8. The third-order valence-electron chi connectivity index (χ3n) is 3.16. The number of esters is 1. The highest BCUT2D eigenvalue weighted by Gasteiger charge is 2.31. The van der Waals surface area contributed by atoms with Gasteiger partial charge < -0.3 is 10.1 Å². The molecule has 1 aromatic rings. The minimum atomic E-state index is -0.381. The lowest BCUT2D eigenvalue weighted by Gasteiger charge is -2.19. The van der Waals surface area contributed by atoms with E-state index in [1.54, 1.807) is 12.1 Å². The summed E-state index contributed by atoms with van der Waals surface area (Å²) in [6, 6.07) is 7.94. The molecule has 4 nitrogen and oxygen atoms in total. The summed E-state index contributed by atoms with van der Waals surface area (Å²) in [4.78, 5) is 11.5. The van der Waals surface area contributed by atoms with E-state index < -0.39 is 0 Å². The van der Waals surface area contributed by atoms with Gasteiger partial charge in [0.15, 0.2) is 0 Å². The Morgan fingerprint density at radius 1 is 1.32 bits per heavy atom. The van der Waals surface area contributed by atoms with Gasteiger partial charge >= 0.3 is 5.97 Å². The number of halogens is 1. The predicted molar refractivity (Wildman–Crippen MR) is 64.7 cm³/mol. The summed E-state index contributed by atoms with van der Waals surface area (Å²) in [5.41, 5.74) is 2.96. The monoisotopic (exact) mass is 256 g/mol. The van der Waals surface area contributed by atoms with Crippen LogP contribution in [0.5, 0.6) is 0 Å². The molecule has 0 aliphatic carbocycles. The van der Waals surface area contributed by atoms with Crippen LogP contribution in [0.3, 0.4) is 0 Å². The first-order valence-electron chi connectivity index (χ1n) is 5.74. The summed E-state index contributed by atoms with van der Waals surface area (Å²) >= 11 is 0. The van der Waals surface area contributed by atoms with Crippen LogP contribution in [0.15, 0.2) is 41.1 Å². The van der Waals surface area contributed by atoms with Gasteiger partial charge in [0.1, 0.15) is 12.4 Å². The third-order valence-corrected chi connectivity index (χ3v) is 3.16. The van der Waals surface area contributed by atoms with E-state index in [-0.39, 0.29) is 24.8 Å². The van der Waals surface area contributed by atoms with Crippen molar-refractivity contribution in [2.24, 2.45) is 0 Å². The van der Waals surface area contributed by atoms with Crippen LogP contribution in [0.4, 0.5) is 4.39 Å². The van der Waals surface area contributed by atoms with Crippen molar-refractivity contribution in [3.05, 3.63) is 52.5 Å². The number of allylic oxidation sites excluding steroid dienone is 1. The van der Waals surface area contributed by atoms with E-state index in [9.17, 15) is 14.4 Å². The largest absolute Gasteiger partial charge is 0.456 e. The maximum absolute atomic E-state index is 12.9. The molecular formula is C14H9FN2O2. The fourth-order valence-electron chi connectivity index (χ4n) is 2.18. The third kappa shape index (κ3) is 1.87. The van der Waals surface area contributed by atoms with Crippen molar-refractivity contribution in [3.63, 3.8) is 0 Å². The number of rotatable bonds is 1. The Kier molecular flexibility index (Phi) is 2.57. The van der Waals surface area contributed by atoms with Gasteiger partial charge in [-0.25, -0.2) is 9.18 Å². The van der Waals surface area contributed by atoms with Crippen molar-refractivity contribution in [2.75, 3.05) is 6.61 Å².